The lowest BCUT2D eigenvalue weighted by Crippen LogP contribution is -2.04. The van der Waals surface area contributed by atoms with Gasteiger partial charge in [0, 0.05) is 18.2 Å². The molecule has 0 fully saturated rings. The van der Waals surface area contributed by atoms with E-state index in [9.17, 15) is 0 Å². The maximum Gasteiger partial charge on any atom is 0.134 e. The number of ether oxygens (including phenoxy) is 2. The van der Waals surface area contributed by atoms with Crippen molar-refractivity contribution in [3.8, 4) is 17.2 Å². The molecule has 12 heteroatoms. The van der Waals surface area contributed by atoms with Crippen LogP contribution in [0.2, 0.25) is 30.1 Å². The zero-order valence-electron chi connectivity index (χ0n) is 17.0. The smallest absolute Gasteiger partial charge is 0.134 e. The molecule has 0 aliphatic heterocycles. The number of unbranched alkanes of at least 4 members (excludes halogenated alkanes) is 1. The third kappa shape index (κ3) is 10.0. The van der Waals surface area contributed by atoms with Crippen molar-refractivity contribution in [2.24, 2.45) is 0 Å². The lowest BCUT2D eigenvalue weighted by atomic mass is 10.3. The average Bonchev–Trinajstić information content (AvgIpc) is 2.76. The minimum atomic E-state index is 0.162. The SMILES string of the molecule is Clc1cc(I)c(OCCCCOc2cc(Cl)c(Cl)cc2I)cc1Cl.Oc1cc(Cl)c(Cl)cc1I. The van der Waals surface area contributed by atoms with Crippen LogP contribution in [0.1, 0.15) is 12.8 Å². The van der Waals surface area contributed by atoms with Gasteiger partial charge in [0.2, 0.25) is 0 Å². The van der Waals surface area contributed by atoms with E-state index in [4.69, 9.17) is 84.2 Å². The Morgan fingerprint density at radius 1 is 0.529 bits per heavy atom. The molecule has 0 saturated carbocycles. The van der Waals surface area contributed by atoms with Gasteiger partial charge in [-0.25, -0.2) is 0 Å². The molecule has 0 radical (unpaired) electrons. The summed E-state index contributed by atoms with van der Waals surface area (Å²) < 4.78 is 14.0. The number of phenols is 1. The van der Waals surface area contributed by atoms with E-state index in [1.807, 2.05) is 22.6 Å². The van der Waals surface area contributed by atoms with Gasteiger partial charge in [-0.3, -0.25) is 0 Å². The fourth-order valence-corrected chi connectivity index (χ4v) is 5.53. The molecule has 0 heterocycles. The van der Waals surface area contributed by atoms with Crippen molar-refractivity contribution < 1.29 is 14.6 Å². The van der Waals surface area contributed by atoms with Gasteiger partial charge in [-0.1, -0.05) is 69.6 Å². The van der Waals surface area contributed by atoms with Crippen molar-refractivity contribution in [2.75, 3.05) is 13.2 Å². The second-order valence-electron chi connectivity index (χ2n) is 6.52. The minimum absolute atomic E-state index is 0.162. The van der Waals surface area contributed by atoms with Crippen LogP contribution in [-0.4, -0.2) is 18.3 Å². The number of benzene rings is 3. The van der Waals surface area contributed by atoms with E-state index in [-0.39, 0.29) is 5.75 Å². The van der Waals surface area contributed by atoms with Gasteiger partial charge in [0.05, 0.1) is 54.1 Å². The fourth-order valence-electron chi connectivity index (χ4n) is 2.31. The van der Waals surface area contributed by atoms with Crippen molar-refractivity contribution in [3.05, 3.63) is 77.2 Å². The van der Waals surface area contributed by atoms with E-state index in [0.717, 1.165) is 31.5 Å². The topological polar surface area (TPSA) is 38.7 Å². The van der Waals surface area contributed by atoms with Crippen LogP contribution in [0.5, 0.6) is 17.2 Å². The Labute approximate surface area is 269 Å². The highest BCUT2D eigenvalue weighted by atomic mass is 127. The third-order valence-corrected chi connectivity index (χ3v) is 8.71. The molecular formula is C22H15Cl6I3O3. The highest BCUT2D eigenvalue weighted by Gasteiger charge is 2.08. The number of hydrogen-bond acceptors (Lipinski definition) is 3. The van der Waals surface area contributed by atoms with Crippen LogP contribution in [-0.2, 0) is 0 Å². The van der Waals surface area contributed by atoms with Crippen molar-refractivity contribution in [1.29, 1.82) is 0 Å². The molecule has 0 spiro atoms. The van der Waals surface area contributed by atoms with Crippen LogP contribution in [0.15, 0.2) is 36.4 Å². The summed E-state index contributed by atoms with van der Waals surface area (Å²) in [5.74, 6) is 1.64. The quantitative estimate of drug-likeness (QED) is 0.146. The molecule has 0 amide bonds. The largest absolute Gasteiger partial charge is 0.507 e. The molecule has 0 unspecified atom stereocenters. The molecule has 0 aromatic heterocycles. The van der Waals surface area contributed by atoms with Crippen LogP contribution in [0.25, 0.3) is 0 Å². The summed E-state index contributed by atoms with van der Waals surface area (Å²) in [6.07, 6.45) is 1.71. The van der Waals surface area contributed by atoms with Crippen molar-refractivity contribution in [1.82, 2.24) is 0 Å². The molecule has 0 bridgehead atoms. The number of phenolic OH excluding ortho intramolecular Hbond substituents is 1. The molecule has 0 atom stereocenters. The first-order chi connectivity index (χ1) is 16.0. The molecule has 3 nitrogen and oxygen atoms in total. The predicted molar refractivity (Wildman–Crippen MR) is 169 cm³/mol. The van der Waals surface area contributed by atoms with Crippen molar-refractivity contribution >= 4 is 137 Å². The van der Waals surface area contributed by atoms with Crippen LogP contribution < -0.4 is 9.47 Å². The highest BCUT2D eigenvalue weighted by molar-refractivity contribution is 14.1. The molecule has 3 rings (SSSR count). The van der Waals surface area contributed by atoms with E-state index in [2.05, 4.69) is 45.2 Å². The lowest BCUT2D eigenvalue weighted by molar-refractivity contribution is 0.264. The second kappa shape index (κ2) is 15.4. The molecule has 34 heavy (non-hydrogen) atoms. The molecular weight excluding hydrogens is 906 g/mol. The fraction of sp³-hybridized carbons (Fsp3) is 0.182. The minimum Gasteiger partial charge on any atom is -0.507 e. The Morgan fingerprint density at radius 2 is 0.853 bits per heavy atom. The lowest BCUT2D eigenvalue weighted by Gasteiger charge is -2.11. The standard InChI is InChI=1S/C16H12Cl4I2O2.C6H3Cl2IO/c17-9-5-13(21)15(7-11(9)19)23-3-1-2-4-24-16-8-12(20)10(18)6-14(16)22;7-3-1-5(9)6(10)2-4(3)8/h5-8H,1-4H2;1-2,10H. The van der Waals surface area contributed by atoms with Gasteiger partial charge in [0.15, 0.2) is 0 Å². The van der Waals surface area contributed by atoms with E-state index in [1.165, 1.54) is 6.07 Å². The van der Waals surface area contributed by atoms with Gasteiger partial charge in [0.1, 0.15) is 17.2 Å². The average molecular weight is 921 g/mol. The molecule has 3 aromatic rings. The number of aromatic hydroxyl groups is 1. The van der Waals surface area contributed by atoms with Gasteiger partial charge >= 0.3 is 0 Å². The zero-order valence-corrected chi connectivity index (χ0v) is 28.0. The zero-order chi connectivity index (χ0) is 25.4. The van der Waals surface area contributed by atoms with E-state index >= 15 is 0 Å². The van der Waals surface area contributed by atoms with Gasteiger partial charge in [-0.15, -0.1) is 0 Å². The van der Waals surface area contributed by atoms with Crippen molar-refractivity contribution in [3.63, 3.8) is 0 Å². The first kappa shape index (κ1) is 31.2. The van der Waals surface area contributed by atoms with E-state index in [1.54, 1.807) is 30.3 Å². The molecule has 1 N–H and O–H groups in total. The van der Waals surface area contributed by atoms with Crippen molar-refractivity contribution in [2.45, 2.75) is 12.8 Å². The van der Waals surface area contributed by atoms with Crippen LogP contribution in [0.3, 0.4) is 0 Å². The van der Waals surface area contributed by atoms with E-state index in [0.29, 0.717) is 46.9 Å². The van der Waals surface area contributed by atoms with Crippen LogP contribution >= 0.6 is 137 Å². The number of rotatable bonds is 7. The summed E-state index contributed by atoms with van der Waals surface area (Å²) in [5.41, 5.74) is 0. The Bertz CT molecular complexity index is 1040. The Balaban J connectivity index is 0.000000340. The van der Waals surface area contributed by atoms with Crippen LogP contribution in [0, 0.1) is 10.7 Å². The maximum atomic E-state index is 9.07. The monoisotopic (exact) mass is 918 g/mol. The third-order valence-electron chi connectivity index (χ3n) is 3.99. The summed E-state index contributed by atoms with van der Waals surface area (Å²) in [4.78, 5) is 0. The summed E-state index contributed by atoms with van der Waals surface area (Å²) in [6, 6.07) is 10.1. The van der Waals surface area contributed by atoms with Gasteiger partial charge in [0.25, 0.3) is 0 Å². The normalized spacial score (nSPS) is 10.5. The Kier molecular flexibility index (Phi) is 14.1. The summed E-state index contributed by atoms with van der Waals surface area (Å²) in [5, 5.41) is 11.9. The second-order valence-corrected chi connectivity index (χ2v) is 12.4. The molecule has 0 aliphatic carbocycles. The number of halogens is 9. The molecule has 0 saturated heterocycles. The molecule has 3 aromatic carbocycles. The Morgan fingerprint density at radius 3 is 1.24 bits per heavy atom. The summed E-state index contributed by atoms with van der Waals surface area (Å²) in [6.45, 7) is 1.16. The van der Waals surface area contributed by atoms with Gasteiger partial charge in [-0.2, -0.15) is 0 Å². The maximum absolute atomic E-state index is 9.07. The summed E-state index contributed by atoms with van der Waals surface area (Å²) in [7, 11) is 0. The first-order valence-corrected chi connectivity index (χ1v) is 14.9. The Hall–Kier alpha value is 0.990. The van der Waals surface area contributed by atoms with Gasteiger partial charge < -0.3 is 14.6 Å². The molecule has 184 valence electrons. The predicted octanol–water partition coefficient (Wildman–Crippen LogP) is 11.1. The van der Waals surface area contributed by atoms with E-state index < -0.39 is 0 Å². The first-order valence-electron chi connectivity index (χ1n) is 9.37. The summed E-state index contributed by atoms with van der Waals surface area (Å²) >= 11 is 41.4. The van der Waals surface area contributed by atoms with Crippen LogP contribution in [0.4, 0.5) is 0 Å². The number of hydrogen-bond donors (Lipinski definition) is 1. The highest BCUT2D eigenvalue weighted by Crippen LogP contribution is 2.33. The van der Waals surface area contributed by atoms with Gasteiger partial charge in [-0.05, 0) is 98.8 Å². The molecule has 0 aliphatic rings.